The first-order valence-corrected chi connectivity index (χ1v) is 4.96. The van der Waals surface area contributed by atoms with Crippen molar-refractivity contribution < 1.29 is 0 Å². The molecule has 5 N–H and O–H groups in total. The largest absolute Gasteiger partial charge is 0.398 e. The molecular formula is C8H10ClN3S. The van der Waals surface area contributed by atoms with Gasteiger partial charge in [0.2, 0.25) is 0 Å². The van der Waals surface area contributed by atoms with Gasteiger partial charge >= 0.3 is 0 Å². The highest BCUT2D eigenvalue weighted by molar-refractivity contribution is 8.13. The number of halogens is 1. The van der Waals surface area contributed by atoms with Gasteiger partial charge in [0.1, 0.15) is 0 Å². The molecule has 0 amide bonds. The summed E-state index contributed by atoms with van der Waals surface area (Å²) in [4.78, 5) is 0. The van der Waals surface area contributed by atoms with Gasteiger partial charge in [0.05, 0.1) is 0 Å². The van der Waals surface area contributed by atoms with Crippen LogP contribution in [0, 0.1) is 5.41 Å². The maximum Gasteiger partial charge on any atom is 0.151 e. The van der Waals surface area contributed by atoms with Gasteiger partial charge in [-0.1, -0.05) is 29.4 Å². The van der Waals surface area contributed by atoms with Gasteiger partial charge in [0, 0.05) is 16.5 Å². The first-order chi connectivity index (χ1) is 6.09. The van der Waals surface area contributed by atoms with Crippen molar-refractivity contribution in [2.24, 2.45) is 5.73 Å². The van der Waals surface area contributed by atoms with Crippen LogP contribution in [0.15, 0.2) is 18.2 Å². The predicted octanol–water partition coefficient (Wildman–Crippen LogP) is 2.05. The van der Waals surface area contributed by atoms with Crippen molar-refractivity contribution >= 4 is 34.2 Å². The Hall–Kier alpha value is -0.870. The van der Waals surface area contributed by atoms with Crippen LogP contribution in [0.3, 0.4) is 0 Å². The topological polar surface area (TPSA) is 75.9 Å². The standard InChI is InChI=1S/C8H10ClN3S/c9-6-2-1-5(7(10)3-6)4-13-8(11)12/h1-3H,4,10H2,(H3,11,12). The van der Waals surface area contributed by atoms with E-state index in [4.69, 9.17) is 28.5 Å². The molecule has 1 rings (SSSR count). The van der Waals surface area contributed by atoms with E-state index in [-0.39, 0.29) is 5.17 Å². The molecular weight excluding hydrogens is 206 g/mol. The molecule has 0 heterocycles. The van der Waals surface area contributed by atoms with Crippen molar-refractivity contribution in [2.45, 2.75) is 5.75 Å². The quantitative estimate of drug-likeness (QED) is 0.402. The highest BCUT2D eigenvalue weighted by Crippen LogP contribution is 2.21. The lowest BCUT2D eigenvalue weighted by Crippen LogP contribution is -2.04. The summed E-state index contributed by atoms with van der Waals surface area (Å²) in [5.74, 6) is 0.609. The van der Waals surface area contributed by atoms with E-state index in [0.717, 1.165) is 5.56 Å². The number of benzene rings is 1. The molecule has 0 saturated heterocycles. The second-order valence-corrected chi connectivity index (χ2v) is 3.95. The van der Waals surface area contributed by atoms with E-state index < -0.39 is 0 Å². The molecule has 0 aliphatic heterocycles. The highest BCUT2D eigenvalue weighted by Gasteiger charge is 2.00. The second-order valence-electron chi connectivity index (χ2n) is 2.50. The molecule has 1 aromatic rings. The Morgan fingerprint density at radius 1 is 1.54 bits per heavy atom. The van der Waals surface area contributed by atoms with Gasteiger partial charge in [0.25, 0.3) is 0 Å². The van der Waals surface area contributed by atoms with Crippen LogP contribution < -0.4 is 11.5 Å². The first-order valence-electron chi connectivity index (χ1n) is 3.60. The zero-order chi connectivity index (χ0) is 9.84. The summed E-state index contributed by atoms with van der Waals surface area (Å²) < 4.78 is 0. The van der Waals surface area contributed by atoms with Crippen LogP contribution in [-0.2, 0) is 5.75 Å². The van der Waals surface area contributed by atoms with Gasteiger partial charge in [-0.2, -0.15) is 0 Å². The number of anilines is 1. The zero-order valence-electron chi connectivity index (χ0n) is 6.88. The summed E-state index contributed by atoms with van der Waals surface area (Å²) in [5, 5.41) is 7.74. The molecule has 1 aromatic carbocycles. The summed E-state index contributed by atoms with van der Waals surface area (Å²) >= 11 is 6.97. The molecule has 13 heavy (non-hydrogen) atoms. The normalized spacial score (nSPS) is 9.92. The van der Waals surface area contributed by atoms with E-state index in [9.17, 15) is 0 Å². The Labute approximate surface area is 86.0 Å². The van der Waals surface area contributed by atoms with E-state index in [0.29, 0.717) is 16.5 Å². The van der Waals surface area contributed by atoms with Crippen LogP contribution in [0.4, 0.5) is 5.69 Å². The minimum atomic E-state index is 0.0920. The number of nitrogens with two attached hydrogens (primary N) is 2. The van der Waals surface area contributed by atoms with Crippen molar-refractivity contribution in [3.8, 4) is 0 Å². The summed E-state index contributed by atoms with van der Waals surface area (Å²) in [6.45, 7) is 0. The Morgan fingerprint density at radius 3 is 2.77 bits per heavy atom. The molecule has 5 heteroatoms. The monoisotopic (exact) mass is 215 g/mol. The number of hydrogen-bond donors (Lipinski definition) is 3. The number of thioether (sulfide) groups is 1. The lowest BCUT2D eigenvalue weighted by atomic mass is 10.2. The molecule has 3 nitrogen and oxygen atoms in total. The fourth-order valence-electron chi connectivity index (χ4n) is 0.853. The molecule has 0 aliphatic carbocycles. The summed E-state index contributed by atoms with van der Waals surface area (Å²) in [6.07, 6.45) is 0. The van der Waals surface area contributed by atoms with Gasteiger partial charge < -0.3 is 11.5 Å². The molecule has 70 valence electrons. The van der Waals surface area contributed by atoms with Crippen LogP contribution in [0.2, 0.25) is 5.02 Å². The van der Waals surface area contributed by atoms with Crippen LogP contribution >= 0.6 is 23.4 Å². The average molecular weight is 216 g/mol. The van der Waals surface area contributed by atoms with Crippen LogP contribution in [0.1, 0.15) is 5.56 Å². The number of nitrogen functional groups attached to an aromatic ring is 1. The molecule has 0 unspecified atom stereocenters. The molecule has 0 atom stereocenters. The second kappa shape index (κ2) is 4.39. The summed E-state index contributed by atoms with van der Waals surface area (Å²) in [5.41, 5.74) is 12.5. The maximum absolute atomic E-state index is 7.03. The predicted molar refractivity (Wildman–Crippen MR) is 59.1 cm³/mol. The van der Waals surface area contributed by atoms with Gasteiger partial charge in [-0.15, -0.1) is 0 Å². The Morgan fingerprint density at radius 2 is 2.23 bits per heavy atom. The molecule has 0 saturated carbocycles. The molecule has 0 bridgehead atoms. The first kappa shape index (κ1) is 10.2. The van der Waals surface area contributed by atoms with Gasteiger partial charge in [-0.25, -0.2) is 0 Å². The van der Waals surface area contributed by atoms with E-state index in [1.807, 2.05) is 6.07 Å². The fraction of sp³-hybridized carbons (Fsp3) is 0.125. The highest BCUT2D eigenvalue weighted by atomic mass is 35.5. The van der Waals surface area contributed by atoms with Crippen LogP contribution in [0.25, 0.3) is 0 Å². The number of amidine groups is 1. The zero-order valence-corrected chi connectivity index (χ0v) is 8.45. The van der Waals surface area contributed by atoms with Crippen molar-refractivity contribution in [1.29, 1.82) is 5.41 Å². The third-order valence-electron chi connectivity index (χ3n) is 1.49. The molecule has 0 fully saturated rings. The number of hydrogen-bond acceptors (Lipinski definition) is 3. The Kier molecular flexibility index (Phi) is 3.45. The van der Waals surface area contributed by atoms with E-state index in [1.165, 1.54) is 11.8 Å². The lowest BCUT2D eigenvalue weighted by Gasteiger charge is -2.04. The molecule has 0 radical (unpaired) electrons. The van der Waals surface area contributed by atoms with Gasteiger partial charge in [-0.3, -0.25) is 5.41 Å². The summed E-state index contributed by atoms with van der Waals surface area (Å²) in [7, 11) is 0. The SMILES string of the molecule is N=C(N)SCc1ccc(Cl)cc1N. The maximum atomic E-state index is 7.03. The fourth-order valence-corrected chi connectivity index (χ4v) is 1.61. The van der Waals surface area contributed by atoms with Crippen molar-refractivity contribution in [1.82, 2.24) is 0 Å². The molecule has 0 aromatic heterocycles. The smallest absolute Gasteiger partial charge is 0.151 e. The van der Waals surface area contributed by atoms with E-state index in [1.54, 1.807) is 12.1 Å². The van der Waals surface area contributed by atoms with Crippen LogP contribution in [0.5, 0.6) is 0 Å². The average Bonchev–Trinajstić information content (AvgIpc) is 2.02. The van der Waals surface area contributed by atoms with Gasteiger partial charge in [-0.05, 0) is 17.7 Å². The third kappa shape index (κ3) is 3.16. The van der Waals surface area contributed by atoms with Crippen LogP contribution in [-0.4, -0.2) is 5.17 Å². The van der Waals surface area contributed by atoms with Gasteiger partial charge in [0.15, 0.2) is 5.17 Å². The Bertz CT molecular complexity index is 327. The summed E-state index contributed by atoms with van der Waals surface area (Å²) in [6, 6.07) is 5.30. The third-order valence-corrected chi connectivity index (χ3v) is 2.49. The van der Waals surface area contributed by atoms with Crippen molar-refractivity contribution in [3.05, 3.63) is 28.8 Å². The minimum Gasteiger partial charge on any atom is -0.398 e. The molecule has 0 spiro atoms. The number of nitrogens with one attached hydrogen (secondary N) is 1. The lowest BCUT2D eigenvalue weighted by molar-refractivity contribution is 1.42. The number of rotatable bonds is 2. The molecule has 0 aliphatic rings. The Balaban J connectivity index is 2.72. The minimum absolute atomic E-state index is 0.0920. The van der Waals surface area contributed by atoms with Crippen molar-refractivity contribution in [3.63, 3.8) is 0 Å². The van der Waals surface area contributed by atoms with E-state index in [2.05, 4.69) is 0 Å². The van der Waals surface area contributed by atoms with Crippen molar-refractivity contribution in [2.75, 3.05) is 5.73 Å². The van der Waals surface area contributed by atoms with E-state index >= 15 is 0 Å².